The third-order valence-electron chi connectivity index (χ3n) is 3.52. The van der Waals surface area contributed by atoms with E-state index in [1.165, 1.54) is 0 Å². The van der Waals surface area contributed by atoms with Crippen LogP contribution in [0.2, 0.25) is 0 Å². The van der Waals surface area contributed by atoms with Gasteiger partial charge in [-0.15, -0.1) is 0 Å². The molecule has 2 N–H and O–H groups in total. The lowest BCUT2D eigenvalue weighted by Gasteiger charge is -2.18. The Kier molecular flexibility index (Phi) is 3.24. The summed E-state index contributed by atoms with van der Waals surface area (Å²) in [6, 6.07) is 7.95. The van der Waals surface area contributed by atoms with Gasteiger partial charge in [0.25, 0.3) is 0 Å². The van der Waals surface area contributed by atoms with Crippen molar-refractivity contribution in [1.82, 2.24) is 4.98 Å². The molecule has 3 rings (SSSR count). The van der Waals surface area contributed by atoms with Crippen molar-refractivity contribution in [1.29, 1.82) is 0 Å². The molecule has 0 bridgehead atoms. The third kappa shape index (κ3) is 2.13. The normalized spacial score (nSPS) is 19.4. The first-order chi connectivity index (χ1) is 9.20. The van der Waals surface area contributed by atoms with Gasteiger partial charge in [-0.05, 0) is 28.4 Å². The number of carbonyl (C=O) groups excluding carboxylic acids is 1. The summed E-state index contributed by atoms with van der Waals surface area (Å²) in [6.07, 6.45) is 2.27. The van der Waals surface area contributed by atoms with Crippen molar-refractivity contribution in [2.24, 2.45) is 11.7 Å². The molecule has 1 aromatic carbocycles. The van der Waals surface area contributed by atoms with Gasteiger partial charge in [-0.2, -0.15) is 0 Å². The number of halogens is 1. The second-order valence-corrected chi connectivity index (χ2v) is 5.64. The predicted octanol–water partition coefficient (Wildman–Crippen LogP) is 2.31. The minimum absolute atomic E-state index is 0.107. The zero-order chi connectivity index (χ0) is 13.4. The Bertz CT molecular complexity index is 644. The number of carbonyl (C=O) groups is 1. The van der Waals surface area contributed by atoms with Crippen LogP contribution in [0.3, 0.4) is 0 Å². The van der Waals surface area contributed by atoms with E-state index in [4.69, 9.17) is 5.73 Å². The maximum absolute atomic E-state index is 12.1. The van der Waals surface area contributed by atoms with Crippen LogP contribution in [0.5, 0.6) is 0 Å². The number of hydrogen-bond donors (Lipinski definition) is 1. The van der Waals surface area contributed by atoms with E-state index in [0.29, 0.717) is 19.5 Å². The standard InChI is InChI=1S/C14H14BrN3O/c15-12-7-17-14(11-4-2-1-3-10(11)12)18-8-9(6-16)5-13(18)19/h1-4,7,9H,5-6,8,16H2. The van der Waals surface area contributed by atoms with Crippen LogP contribution in [-0.4, -0.2) is 24.0 Å². The van der Waals surface area contributed by atoms with Crippen LogP contribution in [0.1, 0.15) is 6.42 Å². The first-order valence-corrected chi connectivity index (χ1v) is 7.03. The minimum atomic E-state index is 0.107. The molecule has 2 heterocycles. The Balaban J connectivity index is 2.11. The van der Waals surface area contributed by atoms with Crippen molar-refractivity contribution in [2.75, 3.05) is 18.0 Å². The van der Waals surface area contributed by atoms with Crippen LogP contribution in [0.4, 0.5) is 5.82 Å². The highest BCUT2D eigenvalue weighted by Crippen LogP contribution is 2.32. The fourth-order valence-electron chi connectivity index (χ4n) is 2.50. The first kappa shape index (κ1) is 12.6. The molecule has 1 atom stereocenters. The quantitative estimate of drug-likeness (QED) is 0.924. The van der Waals surface area contributed by atoms with E-state index in [2.05, 4.69) is 20.9 Å². The second kappa shape index (κ2) is 4.90. The van der Waals surface area contributed by atoms with Crippen LogP contribution < -0.4 is 10.6 Å². The molecule has 0 radical (unpaired) electrons. The summed E-state index contributed by atoms with van der Waals surface area (Å²) in [4.78, 5) is 18.3. The molecule has 0 spiro atoms. The molecule has 1 aliphatic rings. The monoisotopic (exact) mass is 319 g/mol. The largest absolute Gasteiger partial charge is 0.330 e. The Morgan fingerprint density at radius 1 is 1.37 bits per heavy atom. The number of fused-ring (bicyclic) bond motifs is 1. The number of anilines is 1. The molecule has 0 aliphatic carbocycles. The van der Waals surface area contributed by atoms with E-state index in [9.17, 15) is 4.79 Å². The molecule has 0 saturated carbocycles. The Labute approximate surface area is 119 Å². The first-order valence-electron chi connectivity index (χ1n) is 6.24. The number of aromatic nitrogens is 1. The average Bonchev–Trinajstić information content (AvgIpc) is 2.81. The van der Waals surface area contributed by atoms with Crippen LogP contribution in [-0.2, 0) is 4.79 Å². The molecule has 1 aromatic heterocycles. The molecule has 19 heavy (non-hydrogen) atoms. The molecule has 1 fully saturated rings. The lowest BCUT2D eigenvalue weighted by Crippen LogP contribution is -2.26. The molecule has 1 saturated heterocycles. The Hall–Kier alpha value is -1.46. The predicted molar refractivity (Wildman–Crippen MR) is 79.0 cm³/mol. The van der Waals surface area contributed by atoms with Gasteiger partial charge in [0, 0.05) is 34.4 Å². The molecule has 1 amide bonds. The maximum Gasteiger partial charge on any atom is 0.228 e. The van der Waals surface area contributed by atoms with Gasteiger partial charge in [0.2, 0.25) is 5.91 Å². The van der Waals surface area contributed by atoms with Gasteiger partial charge in [-0.25, -0.2) is 4.98 Å². The van der Waals surface area contributed by atoms with Gasteiger partial charge < -0.3 is 5.73 Å². The van der Waals surface area contributed by atoms with Gasteiger partial charge >= 0.3 is 0 Å². The molecular weight excluding hydrogens is 306 g/mol. The number of rotatable bonds is 2. The molecule has 5 heteroatoms. The maximum atomic E-state index is 12.1. The topological polar surface area (TPSA) is 59.2 Å². The molecule has 4 nitrogen and oxygen atoms in total. The summed E-state index contributed by atoms with van der Waals surface area (Å²) >= 11 is 3.49. The van der Waals surface area contributed by atoms with Gasteiger partial charge in [0.15, 0.2) is 0 Å². The molecule has 1 unspecified atom stereocenters. The van der Waals surface area contributed by atoms with E-state index in [0.717, 1.165) is 21.1 Å². The lowest BCUT2D eigenvalue weighted by atomic mass is 10.1. The number of hydrogen-bond acceptors (Lipinski definition) is 3. The fraction of sp³-hybridized carbons (Fsp3) is 0.286. The Morgan fingerprint density at radius 2 is 2.11 bits per heavy atom. The van der Waals surface area contributed by atoms with Gasteiger partial charge in [0.05, 0.1) is 0 Å². The van der Waals surface area contributed by atoms with E-state index in [1.807, 2.05) is 24.3 Å². The SMILES string of the molecule is NCC1CC(=O)N(c2ncc(Br)c3ccccc23)C1. The van der Waals surface area contributed by atoms with E-state index in [1.54, 1.807) is 11.1 Å². The van der Waals surface area contributed by atoms with Crippen molar-refractivity contribution in [2.45, 2.75) is 6.42 Å². The summed E-state index contributed by atoms with van der Waals surface area (Å²) in [7, 11) is 0. The van der Waals surface area contributed by atoms with Crippen LogP contribution in [0, 0.1) is 5.92 Å². The lowest BCUT2D eigenvalue weighted by molar-refractivity contribution is -0.117. The van der Waals surface area contributed by atoms with Crippen molar-refractivity contribution < 1.29 is 4.79 Å². The van der Waals surface area contributed by atoms with Crippen LogP contribution >= 0.6 is 15.9 Å². The molecular formula is C14H14BrN3O. The summed E-state index contributed by atoms with van der Waals surface area (Å²) in [5.74, 6) is 1.08. The number of pyridine rings is 1. The van der Waals surface area contributed by atoms with Crippen LogP contribution in [0.25, 0.3) is 10.8 Å². The van der Waals surface area contributed by atoms with E-state index < -0.39 is 0 Å². The van der Waals surface area contributed by atoms with Crippen molar-refractivity contribution in [3.05, 3.63) is 34.9 Å². The highest BCUT2D eigenvalue weighted by atomic mass is 79.9. The summed E-state index contributed by atoms with van der Waals surface area (Å²) in [5, 5.41) is 2.05. The zero-order valence-corrected chi connectivity index (χ0v) is 11.9. The van der Waals surface area contributed by atoms with E-state index >= 15 is 0 Å². The molecule has 98 valence electrons. The average molecular weight is 320 g/mol. The number of nitrogens with two attached hydrogens (primary N) is 1. The zero-order valence-electron chi connectivity index (χ0n) is 10.3. The smallest absolute Gasteiger partial charge is 0.228 e. The van der Waals surface area contributed by atoms with Gasteiger partial charge in [0.1, 0.15) is 5.82 Å². The molecule has 2 aromatic rings. The number of nitrogens with zero attached hydrogens (tertiary/aromatic N) is 2. The van der Waals surface area contributed by atoms with Gasteiger partial charge in [-0.3, -0.25) is 9.69 Å². The van der Waals surface area contributed by atoms with Crippen LogP contribution in [0.15, 0.2) is 34.9 Å². The van der Waals surface area contributed by atoms with Gasteiger partial charge in [-0.1, -0.05) is 24.3 Å². The Morgan fingerprint density at radius 3 is 2.79 bits per heavy atom. The highest BCUT2D eigenvalue weighted by molar-refractivity contribution is 9.10. The highest BCUT2D eigenvalue weighted by Gasteiger charge is 2.31. The van der Waals surface area contributed by atoms with Crippen molar-refractivity contribution in [3.8, 4) is 0 Å². The second-order valence-electron chi connectivity index (χ2n) is 4.79. The number of amides is 1. The van der Waals surface area contributed by atoms with E-state index in [-0.39, 0.29) is 11.8 Å². The third-order valence-corrected chi connectivity index (χ3v) is 4.15. The fourth-order valence-corrected chi connectivity index (χ4v) is 2.95. The summed E-state index contributed by atoms with van der Waals surface area (Å²) in [6.45, 7) is 1.20. The summed E-state index contributed by atoms with van der Waals surface area (Å²) in [5.41, 5.74) is 5.67. The van der Waals surface area contributed by atoms with Crippen molar-refractivity contribution >= 4 is 38.4 Å². The summed E-state index contributed by atoms with van der Waals surface area (Å²) < 4.78 is 0.939. The molecule has 1 aliphatic heterocycles. The van der Waals surface area contributed by atoms with Crippen molar-refractivity contribution in [3.63, 3.8) is 0 Å². The minimum Gasteiger partial charge on any atom is -0.330 e. The number of benzene rings is 1.